The second-order valence-corrected chi connectivity index (χ2v) is 8.45. The van der Waals surface area contributed by atoms with Crippen LogP contribution in [0.3, 0.4) is 0 Å². The fraction of sp³-hybridized carbons (Fsp3) is 0.407. The third-order valence-electron chi connectivity index (χ3n) is 6.35. The number of benzene rings is 2. The van der Waals surface area contributed by atoms with Gasteiger partial charge in [-0.15, -0.1) is 0 Å². The Kier molecular flexibility index (Phi) is 7.51. The Morgan fingerprint density at radius 3 is 2.47 bits per heavy atom. The van der Waals surface area contributed by atoms with Crippen LogP contribution >= 0.6 is 0 Å². The van der Waals surface area contributed by atoms with Gasteiger partial charge in [-0.2, -0.15) is 0 Å². The van der Waals surface area contributed by atoms with E-state index in [1.807, 2.05) is 0 Å². The monoisotopic (exact) mass is 432 g/mol. The number of allylic oxidation sites excluding steroid dienone is 2. The lowest BCUT2D eigenvalue weighted by atomic mass is 10.1. The van der Waals surface area contributed by atoms with Crippen molar-refractivity contribution < 1.29 is 4.74 Å². The molecule has 170 valence electrons. The molecule has 0 spiro atoms. The van der Waals surface area contributed by atoms with Crippen LogP contribution in [0, 0.1) is 6.92 Å². The maximum Gasteiger partial charge on any atom is 0.109 e. The summed E-state index contributed by atoms with van der Waals surface area (Å²) < 4.78 is 5.56. The van der Waals surface area contributed by atoms with Gasteiger partial charge in [0, 0.05) is 43.2 Å². The number of anilines is 3. The SMILES string of the molecule is CCN(CC)Cc1ccc(Nc2cc(N3CC=CC=C3N3CCOCC3)ccc2C)cc1. The lowest BCUT2D eigenvalue weighted by Crippen LogP contribution is -2.43. The Bertz CT molecular complexity index is 941. The number of ether oxygens (including phenoxy) is 1. The van der Waals surface area contributed by atoms with Crippen LogP contribution in [-0.4, -0.2) is 55.7 Å². The Morgan fingerprint density at radius 1 is 1.00 bits per heavy atom. The van der Waals surface area contributed by atoms with Crippen molar-refractivity contribution in [2.24, 2.45) is 0 Å². The zero-order valence-electron chi connectivity index (χ0n) is 19.7. The first-order valence-electron chi connectivity index (χ1n) is 11.8. The summed E-state index contributed by atoms with van der Waals surface area (Å²) in [6.45, 7) is 14.1. The highest BCUT2D eigenvalue weighted by Gasteiger charge is 2.21. The normalized spacial score (nSPS) is 16.4. The van der Waals surface area contributed by atoms with Gasteiger partial charge in [0.05, 0.1) is 13.2 Å². The van der Waals surface area contributed by atoms with Crippen LogP contribution in [0.2, 0.25) is 0 Å². The number of rotatable bonds is 8. The van der Waals surface area contributed by atoms with Gasteiger partial charge in [-0.3, -0.25) is 4.90 Å². The molecule has 2 aliphatic heterocycles. The van der Waals surface area contributed by atoms with Crippen molar-refractivity contribution in [2.45, 2.75) is 27.3 Å². The minimum atomic E-state index is 0.792. The van der Waals surface area contributed by atoms with Gasteiger partial charge >= 0.3 is 0 Å². The van der Waals surface area contributed by atoms with Crippen molar-refractivity contribution in [1.29, 1.82) is 0 Å². The standard InChI is InChI=1S/C27H36N4O/c1-4-29(5-2)21-23-10-12-24(13-11-23)28-26-20-25(14-9-22(26)3)31-15-7-6-8-27(31)30-16-18-32-19-17-30/h6-14,20,28H,4-5,15-19,21H2,1-3H3. The van der Waals surface area contributed by atoms with Crippen LogP contribution in [0.4, 0.5) is 17.1 Å². The summed E-state index contributed by atoms with van der Waals surface area (Å²) in [7, 11) is 0. The van der Waals surface area contributed by atoms with E-state index in [0.717, 1.165) is 63.9 Å². The van der Waals surface area contributed by atoms with Gasteiger partial charge in [0.15, 0.2) is 0 Å². The fourth-order valence-corrected chi connectivity index (χ4v) is 4.28. The molecule has 0 aliphatic carbocycles. The number of nitrogens with zero attached hydrogens (tertiary/aromatic N) is 3. The predicted octanol–water partition coefficient (Wildman–Crippen LogP) is 5.13. The minimum absolute atomic E-state index is 0.792. The first-order chi connectivity index (χ1) is 15.7. The smallest absolute Gasteiger partial charge is 0.109 e. The molecule has 4 rings (SSSR count). The van der Waals surface area contributed by atoms with E-state index in [4.69, 9.17) is 4.74 Å². The summed E-state index contributed by atoms with van der Waals surface area (Å²) in [6, 6.07) is 15.5. The van der Waals surface area contributed by atoms with E-state index >= 15 is 0 Å². The first kappa shape index (κ1) is 22.4. The number of nitrogens with one attached hydrogen (secondary N) is 1. The summed E-state index contributed by atoms with van der Waals surface area (Å²) in [4.78, 5) is 7.25. The van der Waals surface area contributed by atoms with E-state index in [-0.39, 0.29) is 0 Å². The van der Waals surface area contributed by atoms with Crippen LogP contribution in [0.1, 0.15) is 25.0 Å². The Labute approximate surface area is 193 Å². The van der Waals surface area contributed by atoms with E-state index in [9.17, 15) is 0 Å². The van der Waals surface area contributed by atoms with Gasteiger partial charge in [0.25, 0.3) is 0 Å². The quantitative estimate of drug-likeness (QED) is 0.625. The predicted molar refractivity (Wildman–Crippen MR) is 134 cm³/mol. The molecule has 1 fully saturated rings. The molecule has 0 bridgehead atoms. The maximum absolute atomic E-state index is 5.56. The van der Waals surface area contributed by atoms with Crippen LogP contribution in [0.15, 0.2) is 66.5 Å². The van der Waals surface area contributed by atoms with Crippen molar-refractivity contribution in [3.8, 4) is 0 Å². The molecule has 0 saturated carbocycles. The molecular formula is C27H36N4O. The number of aryl methyl sites for hydroxylation is 1. The van der Waals surface area contributed by atoms with E-state index in [1.165, 1.54) is 22.6 Å². The number of morpholine rings is 1. The van der Waals surface area contributed by atoms with Gasteiger partial charge in [0.2, 0.25) is 0 Å². The minimum Gasteiger partial charge on any atom is -0.378 e. The van der Waals surface area contributed by atoms with Crippen molar-refractivity contribution in [2.75, 3.05) is 56.2 Å². The number of hydrogen-bond donors (Lipinski definition) is 1. The zero-order valence-corrected chi connectivity index (χ0v) is 19.7. The average molecular weight is 433 g/mol. The molecule has 5 nitrogen and oxygen atoms in total. The summed E-state index contributed by atoms with van der Waals surface area (Å²) in [5, 5.41) is 3.64. The average Bonchev–Trinajstić information content (AvgIpc) is 2.85. The lowest BCUT2D eigenvalue weighted by molar-refractivity contribution is 0.0524. The molecule has 2 aromatic rings. The molecule has 2 aliphatic rings. The molecule has 1 saturated heterocycles. The second kappa shape index (κ2) is 10.7. The summed E-state index contributed by atoms with van der Waals surface area (Å²) >= 11 is 0. The Hall–Kier alpha value is -2.76. The van der Waals surface area contributed by atoms with Crippen LogP contribution in [-0.2, 0) is 11.3 Å². The summed E-state index contributed by atoms with van der Waals surface area (Å²) in [5.74, 6) is 1.26. The van der Waals surface area contributed by atoms with Gasteiger partial charge in [-0.05, 0) is 61.5 Å². The van der Waals surface area contributed by atoms with E-state index < -0.39 is 0 Å². The maximum atomic E-state index is 5.56. The molecule has 5 heteroatoms. The summed E-state index contributed by atoms with van der Waals surface area (Å²) in [6.07, 6.45) is 6.59. The van der Waals surface area contributed by atoms with Crippen molar-refractivity contribution in [1.82, 2.24) is 9.80 Å². The molecule has 0 amide bonds. The Morgan fingerprint density at radius 2 is 1.75 bits per heavy atom. The first-order valence-corrected chi connectivity index (χ1v) is 11.8. The van der Waals surface area contributed by atoms with Crippen molar-refractivity contribution >= 4 is 17.1 Å². The third-order valence-corrected chi connectivity index (χ3v) is 6.35. The van der Waals surface area contributed by atoms with Gasteiger partial charge in [-0.1, -0.05) is 44.2 Å². The highest BCUT2D eigenvalue weighted by molar-refractivity contribution is 5.70. The van der Waals surface area contributed by atoms with E-state index in [2.05, 4.69) is 101 Å². The van der Waals surface area contributed by atoms with Gasteiger partial charge in [0.1, 0.15) is 5.82 Å². The molecule has 1 N–H and O–H groups in total. The lowest BCUT2D eigenvalue weighted by Gasteiger charge is -2.38. The van der Waals surface area contributed by atoms with Gasteiger partial charge in [-0.25, -0.2) is 0 Å². The Balaban J connectivity index is 1.50. The van der Waals surface area contributed by atoms with Crippen LogP contribution in [0.5, 0.6) is 0 Å². The van der Waals surface area contributed by atoms with Crippen molar-refractivity contribution in [3.63, 3.8) is 0 Å². The highest BCUT2D eigenvalue weighted by Crippen LogP contribution is 2.30. The zero-order chi connectivity index (χ0) is 22.3. The summed E-state index contributed by atoms with van der Waals surface area (Å²) in [5.41, 5.74) is 6.07. The molecule has 0 atom stereocenters. The second-order valence-electron chi connectivity index (χ2n) is 8.45. The molecular weight excluding hydrogens is 396 g/mol. The molecule has 2 heterocycles. The van der Waals surface area contributed by atoms with Crippen LogP contribution in [0.25, 0.3) is 0 Å². The van der Waals surface area contributed by atoms with Gasteiger partial charge < -0.3 is 19.9 Å². The molecule has 32 heavy (non-hydrogen) atoms. The van der Waals surface area contributed by atoms with E-state index in [0.29, 0.717) is 0 Å². The molecule has 0 unspecified atom stereocenters. The topological polar surface area (TPSA) is 31.0 Å². The molecule has 0 radical (unpaired) electrons. The van der Waals surface area contributed by atoms with Crippen LogP contribution < -0.4 is 10.2 Å². The third kappa shape index (κ3) is 5.34. The highest BCUT2D eigenvalue weighted by atomic mass is 16.5. The van der Waals surface area contributed by atoms with Crippen molar-refractivity contribution in [3.05, 3.63) is 77.6 Å². The fourth-order valence-electron chi connectivity index (χ4n) is 4.28. The van der Waals surface area contributed by atoms with E-state index in [1.54, 1.807) is 0 Å². The molecule has 0 aromatic heterocycles. The largest absolute Gasteiger partial charge is 0.378 e. The number of hydrogen-bond acceptors (Lipinski definition) is 5. The molecule has 2 aromatic carbocycles.